The van der Waals surface area contributed by atoms with Crippen molar-refractivity contribution in [3.05, 3.63) is 0 Å². The van der Waals surface area contributed by atoms with Crippen molar-refractivity contribution < 1.29 is 93.9 Å². The van der Waals surface area contributed by atoms with Crippen LogP contribution in [0.2, 0.25) is 0 Å². The number of amides is 2. The number of aliphatic hydroxyl groups is 1. The maximum absolute atomic E-state index is 11.0. The minimum atomic E-state index is -1.08. The first-order valence-corrected chi connectivity index (χ1v) is 24.1. The number of aliphatic carboxylic acids is 8. The highest BCUT2D eigenvalue weighted by Crippen LogP contribution is 1.99. The van der Waals surface area contributed by atoms with E-state index in [1.807, 2.05) is 0 Å². The molecule has 0 saturated heterocycles. The van der Waals surface area contributed by atoms with Gasteiger partial charge in [0, 0.05) is 39.6 Å². The fraction of sp³-hybridized carbons (Fsp3) is 0.756. The molecule has 0 spiro atoms. The molecule has 0 rings (SSSR count). The van der Waals surface area contributed by atoms with Crippen LogP contribution in [-0.2, 0) is 47.9 Å². The molecule has 0 aromatic carbocycles. The third-order valence-electron chi connectivity index (χ3n) is 8.02. The van der Waals surface area contributed by atoms with Gasteiger partial charge in [0.1, 0.15) is 47.8 Å². The second-order valence-corrected chi connectivity index (χ2v) is 16.6. The van der Waals surface area contributed by atoms with Gasteiger partial charge in [-0.3, -0.25) is 47.9 Å². The second kappa shape index (κ2) is 58.2. The van der Waals surface area contributed by atoms with Gasteiger partial charge in [-0.1, -0.05) is 0 Å². The quantitative estimate of drug-likeness (QED) is 0.0235. The zero-order chi connectivity index (χ0) is 60.9. The number of carboxylic acids is 8. The van der Waals surface area contributed by atoms with Gasteiger partial charge in [0.05, 0.1) is 0 Å². The van der Waals surface area contributed by atoms with Crippen molar-refractivity contribution in [2.45, 2.75) is 146 Å². The number of aliphatic hydroxyl groups excluding tert-OH is 1. The number of hydrogen-bond acceptors (Lipinski definition) is 24. The Labute approximate surface area is 447 Å². The first kappa shape index (κ1) is 86.6. The molecule has 0 bridgehead atoms. The maximum Gasteiger partial charge on any atom is 0.323 e. The Morgan fingerprint density at radius 3 is 0.960 bits per heavy atom. The second-order valence-electron chi connectivity index (χ2n) is 15.7. The van der Waals surface area contributed by atoms with Gasteiger partial charge in [0.2, 0.25) is 11.8 Å². The van der Waals surface area contributed by atoms with Gasteiger partial charge in [0.25, 0.3) is 0 Å². The van der Waals surface area contributed by atoms with Gasteiger partial charge in [-0.05, 0) is 109 Å². The summed E-state index contributed by atoms with van der Waals surface area (Å²) in [5.74, 6) is -6.99. The highest BCUT2D eigenvalue weighted by molar-refractivity contribution is 7.80. The number of nitrogens with two attached hydrogens (primary N) is 11. The van der Waals surface area contributed by atoms with Gasteiger partial charge < -0.3 is 120 Å². The lowest BCUT2D eigenvalue weighted by Crippen LogP contribution is -2.41. The molecule has 0 aromatic heterocycles. The lowest BCUT2D eigenvalue weighted by molar-refractivity contribution is -0.142. The fourth-order valence-electron chi connectivity index (χ4n) is 3.30. The highest BCUT2D eigenvalue weighted by Gasteiger charge is 2.19. The molecule has 0 radical (unpaired) electrons. The van der Waals surface area contributed by atoms with Crippen LogP contribution in [0.1, 0.15) is 97.8 Å². The molecular weight excluding hydrogens is 1040 g/mol. The summed E-state index contributed by atoms with van der Waals surface area (Å²) < 4.78 is 0. The smallest absolute Gasteiger partial charge is 0.323 e. The zero-order valence-corrected chi connectivity index (χ0v) is 44.8. The summed E-state index contributed by atoms with van der Waals surface area (Å²) in [6.45, 7) is 6.13. The molecule has 75 heavy (non-hydrogen) atoms. The number of nitrogens with one attached hydrogen (secondary N) is 2. The summed E-state index contributed by atoms with van der Waals surface area (Å²) in [6, 6.07) is -5.67. The Morgan fingerprint density at radius 2 is 0.760 bits per heavy atom. The van der Waals surface area contributed by atoms with Crippen LogP contribution in [0.3, 0.4) is 0 Å². The molecule has 7 atom stereocenters. The van der Waals surface area contributed by atoms with Crippen LogP contribution in [0, 0.1) is 0 Å². The lowest BCUT2D eigenvalue weighted by atomic mass is 10.1. The van der Waals surface area contributed by atoms with Gasteiger partial charge in [-0.15, -0.1) is 0 Å². The van der Waals surface area contributed by atoms with Crippen molar-refractivity contribution in [1.82, 2.24) is 10.6 Å². The number of unbranched alkanes of at least 4 members (excludes halogenated alkanes) is 2. The normalized spacial score (nSPS) is 12.7. The number of rotatable bonds is 30. The Balaban J connectivity index is -0.000000116. The third kappa shape index (κ3) is 78.0. The molecule has 0 aliphatic rings. The summed E-state index contributed by atoms with van der Waals surface area (Å²) in [5, 5.41) is 79.1. The van der Waals surface area contributed by atoms with Crippen molar-refractivity contribution in [3.8, 4) is 0 Å². The van der Waals surface area contributed by atoms with Gasteiger partial charge in [-0.25, -0.2) is 0 Å². The van der Waals surface area contributed by atoms with E-state index in [-0.39, 0.29) is 31.4 Å². The van der Waals surface area contributed by atoms with E-state index >= 15 is 0 Å². The third-order valence-corrected chi connectivity index (χ3v) is 8.50. The van der Waals surface area contributed by atoms with E-state index in [1.165, 1.54) is 20.8 Å². The first-order valence-electron chi connectivity index (χ1n) is 22.8. The van der Waals surface area contributed by atoms with E-state index in [1.54, 1.807) is 0 Å². The van der Waals surface area contributed by atoms with Crippen molar-refractivity contribution in [3.63, 3.8) is 0 Å². The molecule has 0 heterocycles. The molecule has 33 N–H and O–H groups in total. The fourth-order valence-corrected chi connectivity index (χ4v) is 3.78. The summed E-state index contributed by atoms with van der Waals surface area (Å²) >= 11 is 7.74. The minimum Gasteiger partial charge on any atom is -0.480 e. The largest absolute Gasteiger partial charge is 0.480 e. The van der Waals surface area contributed by atoms with E-state index in [4.69, 9.17) is 109 Å². The number of thiol groups is 2. The SMILES string of the molecule is CC(=O)NCCCCC(N)C(=O)O.CC(C)(N)C(=O)O.NC(CCCCNC(=O)CCS)C(=O)O.NC(CCO)C(=O)O.NC(CCS)C(=O)O.NCC(N)C(=O)O.NCCC(N)C(=O)O.NCCCC(N)C(=O)O. The molecule has 32 nitrogen and oxygen atoms in total. The Bertz CT molecular complexity index is 1490. The number of carboxylic acid groups (broad SMARTS) is 8. The molecule has 7 unspecified atom stereocenters. The van der Waals surface area contributed by atoms with Gasteiger partial charge >= 0.3 is 47.8 Å². The number of carbonyl (C=O) groups is 10. The zero-order valence-electron chi connectivity index (χ0n) is 43.0. The average Bonchev–Trinajstić information content (AvgIpc) is 3.31. The van der Waals surface area contributed by atoms with Crippen LogP contribution in [0.4, 0.5) is 0 Å². The molecule has 0 aliphatic carbocycles. The van der Waals surface area contributed by atoms with Crippen molar-refractivity contribution >= 4 is 84.8 Å². The van der Waals surface area contributed by atoms with Crippen molar-refractivity contribution in [2.24, 2.45) is 63.1 Å². The summed E-state index contributed by atoms with van der Waals surface area (Å²) in [7, 11) is 0. The molecule has 0 aliphatic heterocycles. The van der Waals surface area contributed by atoms with E-state index in [9.17, 15) is 47.9 Å². The van der Waals surface area contributed by atoms with Crippen LogP contribution in [0.5, 0.6) is 0 Å². The maximum atomic E-state index is 11.0. The van der Waals surface area contributed by atoms with Crippen LogP contribution >= 0.6 is 25.3 Å². The predicted octanol–water partition coefficient (Wildman–Crippen LogP) is -5.74. The summed E-state index contributed by atoms with van der Waals surface area (Å²) in [5.41, 5.74) is 54.7. The van der Waals surface area contributed by atoms with E-state index in [0.29, 0.717) is 95.5 Å². The highest BCUT2D eigenvalue weighted by atomic mass is 32.1. The summed E-state index contributed by atoms with van der Waals surface area (Å²) in [4.78, 5) is 101. The van der Waals surface area contributed by atoms with Gasteiger partial charge in [0.15, 0.2) is 0 Å². The Hall–Kier alpha value is -5.08. The molecule has 446 valence electrons. The predicted molar refractivity (Wildman–Crippen MR) is 284 cm³/mol. The Kier molecular flexibility index (Phi) is 67.2. The van der Waals surface area contributed by atoms with Crippen LogP contribution in [0.25, 0.3) is 0 Å². The molecule has 2 amide bonds. The molecule has 34 heteroatoms. The topological polar surface area (TPSA) is 663 Å². The lowest BCUT2D eigenvalue weighted by Gasteiger charge is -2.09. The van der Waals surface area contributed by atoms with Crippen LogP contribution in [0.15, 0.2) is 0 Å². The average molecular weight is 1130 g/mol. The van der Waals surface area contributed by atoms with Gasteiger partial charge in [-0.2, -0.15) is 25.3 Å². The number of carbonyl (C=O) groups excluding carboxylic acids is 2. The minimum absolute atomic E-state index is 0.00463. The van der Waals surface area contributed by atoms with Crippen molar-refractivity contribution in [1.29, 1.82) is 0 Å². The van der Waals surface area contributed by atoms with Crippen molar-refractivity contribution in [2.75, 3.05) is 50.8 Å². The molecule has 0 aromatic rings. The number of hydrogen-bond donors (Lipinski definition) is 24. The molecule has 0 fully saturated rings. The summed E-state index contributed by atoms with van der Waals surface area (Å²) in [6.07, 6.45) is 6.27. The Morgan fingerprint density at radius 1 is 0.453 bits per heavy atom. The molecule has 0 saturated carbocycles. The van der Waals surface area contributed by atoms with E-state index in [2.05, 4.69) is 35.9 Å². The van der Waals surface area contributed by atoms with E-state index < -0.39 is 95.6 Å². The van der Waals surface area contributed by atoms with Crippen LogP contribution in [-0.4, -0.2) is 204 Å². The first-order chi connectivity index (χ1) is 34.5. The standard InChI is InChI=1S/C9H18N2O3S.C8H16N2O3.C5H12N2O2.C4H10N2O2.C4H9NO3.C4H9NO2S.C4H9NO2.C3H8N2O2/c10-7(9(13)14)3-1-2-5-11-8(12)4-6-15;1-6(11)10-5-3-2-4-7(9)8(12)13;6-3-1-2-4(7)5(8)9;5-2-1-3(6)4(7)8;5-3(1-2-6)4(7)8;5-3(1-2-8)4(6)7;1-4(2,5)3(6)7;4-1-2(5)3(6)7/h7,15H,1-6,10H2,(H,11,12)(H,13,14);7H,2-5,9H2,1H3,(H,10,11)(H,12,13);4H,1-3,6-7H2,(H,8,9);3H,1-2,5-6H2,(H,7,8);3,6H,1-2,5H2,(H,7,8);3,8H,1-2,5H2,(H,6,7);5H2,1-2H3,(H,6,7);2H,1,4-5H2,(H,6,7). The van der Waals surface area contributed by atoms with E-state index in [0.717, 1.165) is 12.8 Å². The monoisotopic (exact) mass is 1130 g/mol. The molecular formula is C41H91N13O19S2. The van der Waals surface area contributed by atoms with Crippen LogP contribution < -0.4 is 73.7 Å².